The van der Waals surface area contributed by atoms with Crippen LogP contribution in [0.25, 0.3) is 16.6 Å². The average Bonchev–Trinajstić information content (AvgIpc) is 3.12. The molecule has 0 radical (unpaired) electrons. The van der Waals surface area contributed by atoms with E-state index in [-0.39, 0.29) is 5.91 Å². The highest BCUT2D eigenvalue weighted by Gasteiger charge is 2.18. The quantitative estimate of drug-likeness (QED) is 0.791. The van der Waals surface area contributed by atoms with E-state index < -0.39 is 0 Å². The molecule has 0 saturated carbocycles. The van der Waals surface area contributed by atoms with E-state index in [0.29, 0.717) is 0 Å². The molecule has 4 heteroatoms. The van der Waals surface area contributed by atoms with E-state index in [4.69, 9.17) is 0 Å². The van der Waals surface area contributed by atoms with Crippen LogP contribution in [0.15, 0.2) is 29.7 Å². The molecule has 0 spiro atoms. The van der Waals surface area contributed by atoms with Crippen LogP contribution in [0.1, 0.15) is 25.1 Å². The predicted octanol–water partition coefficient (Wildman–Crippen LogP) is 3.65. The summed E-state index contributed by atoms with van der Waals surface area (Å²) in [5, 5.41) is 2.16. The second-order valence-electron chi connectivity index (χ2n) is 5.16. The molecule has 0 unspecified atom stereocenters. The van der Waals surface area contributed by atoms with Crippen molar-refractivity contribution in [2.75, 3.05) is 13.1 Å². The fourth-order valence-corrected chi connectivity index (χ4v) is 3.85. The zero-order valence-electron chi connectivity index (χ0n) is 12.5. The normalized spacial score (nSPS) is 13.2. The molecule has 0 atom stereocenters. The summed E-state index contributed by atoms with van der Waals surface area (Å²) in [7, 11) is 0. The van der Waals surface area contributed by atoms with E-state index in [1.54, 1.807) is 17.4 Å². The van der Waals surface area contributed by atoms with Crippen molar-refractivity contribution in [2.45, 2.75) is 26.8 Å². The molecule has 21 heavy (non-hydrogen) atoms. The summed E-state index contributed by atoms with van der Waals surface area (Å²) in [6.07, 6.45) is 4.72. The fourth-order valence-electron chi connectivity index (χ4n) is 2.86. The highest BCUT2D eigenvalue weighted by molar-refractivity contribution is 7.13. The summed E-state index contributed by atoms with van der Waals surface area (Å²) < 4.78 is 2.31. The van der Waals surface area contributed by atoms with Crippen LogP contribution in [0.5, 0.6) is 0 Å². The second kappa shape index (κ2) is 5.90. The van der Waals surface area contributed by atoms with E-state index in [9.17, 15) is 4.79 Å². The highest BCUT2D eigenvalue weighted by Crippen LogP contribution is 2.35. The van der Waals surface area contributed by atoms with Crippen molar-refractivity contribution in [1.82, 2.24) is 9.47 Å². The number of hydrogen-bond acceptors (Lipinski definition) is 2. The predicted molar refractivity (Wildman–Crippen MR) is 88.4 cm³/mol. The second-order valence-corrected chi connectivity index (χ2v) is 6.08. The number of aromatic nitrogens is 1. The molecule has 0 N–H and O–H groups in total. The molecule has 2 aromatic rings. The Bertz CT molecular complexity index is 677. The van der Waals surface area contributed by atoms with E-state index in [1.165, 1.54) is 16.1 Å². The molecule has 0 saturated heterocycles. The largest absolute Gasteiger partial charge is 0.340 e. The lowest BCUT2D eigenvalue weighted by molar-refractivity contribution is -0.125. The third-order valence-electron chi connectivity index (χ3n) is 4.07. The molecular weight excluding hydrogens is 280 g/mol. The molecule has 1 aliphatic heterocycles. The lowest BCUT2D eigenvalue weighted by Crippen LogP contribution is -2.28. The number of thiophene rings is 1. The van der Waals surface area contributed by atoms with Crippen molar-refractivity contribution in [3.05, 3.63) is 40.9 Å². The fraction of sp³-hybridized carbons (Fsp3) is 0.353. The SMILES string of the molecule is CCN(CC)C(=O)/C=C/c1ccc2n1CCc1ccsc1-2. The van der Waals surface area contributed by atoms with Gasteiger partial charge in [-0.15, -0.1) is 11.3 Å². The Morgan fingerprint density at radius 1 is 1.33 bits per heavy atom. The number of hydrogen-bond donors (Lipinski definition) is 0. The first-order valence-electron chi connectivity index (χ1n) is 7.47. The van der Waals surface area contributed by atoms with Crippen molar-refractivity contribution >= 4 is 23.3 Å². The van der Waals surface area contributed by atoms with Gasteiger partial charge in [-0.25, -0.2) is 0 Å². The maximum Gasteiger partial charge on any atom is 0.246 e. The number of likely N-dealkylation sites (N-methyl/N-ethyl adjacent to an activating group) is 1. The summed E-state index contributed by atoms with van der Waals surface area (Å²) in [6.45, 7) is 6.51. The molecule has 0 aliphatic carbocycles. The zero-order chi connectivity index (χ0) is 14.8. The Morgan fingerprint density at radius 2 is 2.14 bits per heavy atom. The topological polar surface area (TPSA) is 25.2 Å². The van der Waals surface area contributed by atoms with Gasteiger partial charge in [0.1, 0.15) is 0 Å². The first kappa shape index (κ1) is 14.1. The highest BCUT2D eigenvalue weighted by atomic mass is 32.1. The minimum atomic E-state index is 0.0863. The van der Waals surface area contributed by atoms with E-state index in [0.717, 1.165) is 31.7 Å². The number of aryl methyl sites for hydroxylation is 1. The first-order valence-corrected chi connectivity index (χ1v) is 8.35. The Kier molecular flexibility index (Phi) is 3.97. The summed E-state index contributed by atoms with van der Waals surface area (Å²) in [5.41, 5.74) is 3.84. The molecular formula is C17H20N2OS. The molecule has 3 heterocycles. The van der Waals surface area contributed by atoms with Crippen LogP contribution in [0, 0.1) is 0 Å². The molecule has 3 nitrogen and oxygen atoms in total. The molecule has 1 aliphatic rings. The molecule has 2 aromatic heterocycles. The van der Waals surface area contributed by atoms with Gasteiger partial charge in [0, 0.05) is 31.4 Å². The lowest BCUT2D eigenvalue weighted by atomic mass is 10.1. The number of nitrogens with zero attached hydrogens (tertiary/aromatic N) is 2. The smallest absolute Gasteiger partial charge is 0.246 e. The maximum atomic E-state index is 12.1. The number of carbonyl (C=O) groups is 1. The summed E-state index contributed by atoms with van der Waals surface area (Å²) in [5.74, 6) is 0.0863. The molecule has 0 aromatic carbocycles. The Balaban J connectivity index is 1.85. The van der Waals surface area contributed by atoms with Crippen LogP contribution < -0.4 is 0 Å². The van der Waals surface area contributed by atoms with Crippen LogP contribution in [0.2, 0.25) is 0 Å². The van der Waals surface area contributed by atoms with Crippen LogP contribution in [0.3, 0.4) is 0 Å². The van der Waals surface area contributed by atoms with Gasteiger partial charge in [-0.3, -0.25) is 4.79 Å². The molecule has 110 valence electrons. The molecule has 3 rings (SSSR count). The molecule has 0 bridgehead atoms. The Hall–Kier alpha value is -1.81. The van der Waals surface area contributed by atoms with Gasteiger partial charge in [-0.1, -0.05) is 0 Å². The van der Waals surface area contributed by atoms with Gasteiger partial charge in [0.05, 0.1) is 10.6 Å². The molecule has 0 fully saturated rings. The van der Waals surface area contributed by atoms with E-state index >= 15 is 0 Å². The summed E-state index contributed by atoms with van der Waals surface area (Å²) >= 11 is 1.80. The summed E-state index contributed by atoms with van der Waals surface area (Å²) in [6, 6.07) is 6.49. The van der Waals surface area contributed by atoms with Crippen molar-refractivity contribution in [3.63, 3.8) is 0 Å². The molecule has 1 amide bonds. The lowest BCUT2D eigenvalue weighted by Gasteiger charge is -2.18. The van der Waals surface area contributed by atoms with E-state index in [2.05, 4.69) is 28.1 Å². The minimum Gasteiger partial charge on any atom is -0.340 e. The first-order chi connectivity index (χ1) is 10.2. The van der Waals surface area contributed by atoms with Crippen molar-refractivity contribution in [1.29, 1.82) is 0 Å². The van der Waals surface area contributed by atoms with Crippen LogP contribution in [0.4, 0.5) is 0 Å². The van der Waals surface area contributed by atoms with Crippen LogP contribution in [-0.2, 0) is 17.8 Å². The van der Waals surface area contributed by atoms with Gasteiger partial charge in [-0.05, 0) is 55.5 Å². The zero-order valence-corrected chi connectivity index (χ0v) is 13.3. The number of carbonyl (C=O) groups excluding carboxylic acids is 1. The van der Waals surface area contributed by atoms with Gasteiger partial charge < -0.3 is 9.47 Å². The standard InChI is InChI=1S/C17H20N2OS/c1-3-18(4-2)16(20)8-6-14-5-7-15-17-13(10-12-21-17)9-11-19(14)15/h5-8,10,12H,3-4,9,11H2,1-2H3/b8-6+. The third-order valence-corrected chi connectivity index (χ3v) is 5.05. The minimum absolute atomic E-state index is 0.0863. The van der Waals surface area contributed by atoms with Gasteiger partial charge in [0.25, 0.3) is 0 Å². The van der Waals surface area contributed by atoms with Crippen molar-refractivity contribution in [2.24, 2.45) is 0 Å². The summed E-state index contributed by atoms with van der Waals surface area (Å²) in [4.78, 5) is 15.3. The Morgan fingerprint density at radius 3 is 2.90 bits per heavy atom. The Labute approximate surface area is 129 Å². The van der Waals surface area contributed by atoms with E-state index in [1.807, 2.05) is 24.8 Å². The average molecular weight is 300 g/mol. The number of rotatable bonds is 4. The van der Waals surface area contributed by atoms with Gasteiger partial charge in [-0.2, -0.15) is 0 Å². The van der Waals surface area contributed by atoms with Gasteiger partial charge >= 0.3 is 0 Å². The number of amides is 1. The van der Waals surface area contributed by atoms with Gasteiger partial charge in [0.2, 0.25) is 5.91 Å². The monoisotopic (exact) mass is 300 g/mol. The van der Waals surface area contributed by atoms with Crippen molar-refractivity contribution in [3.8, 4) is 10.6 Å². The van der Waals surface area contributed by atoms with Gasteiger partial charge in [0.15, 0.2) is 0 Å². The van der Waals surface area contributed by atoms with Crippen LogP contribution >= 0.6 is 11.3 Å². The third kappa shape index (κ3) is 2.56. The number of fused-ring (bicyclic) bond motifs is 3. The van der Waals surface area contributed by atoms with Crippen LogP contribution in [-0.4, -0.2) is 28.5 Å². The maximum absolute atomic E-state index is 12.1. The van der Waals surface area contributed by atoms with Crippen molar-refractivity contribution < 1.29 is 4.79 Å².